The van der Waals surface area contributed by atoms with Gasteiger partial charge < -0.3 is 20.3 Å². The number of hydrogen-bond donors (Lipinski definition) is 1. The third kappa shape index (κ3) is 4.53. The average Bonchev–Trinajstić information content (AvgIpc) is 3.01. The van der Waals surface area contributed by atoms with E-state index in [1.54, 1.807) is 17.0 Å². The average molecular weight is 414 g/mol. The van der Waals surface area contributed by atoms with E-state index in [2.05, 4.69) is 0 Å². The Labute approximate surface area is 162 Å². The lowest BCUT2D eigenvalue weighted by Crippen LogP contribution is -2.50. The summed E-state index contributed by atoms with van der Waals surface area (Å²) >= 11 is 0. The van der Waals surface area contributed by atoms with E-state index in [0.717, 1.165) is 6.26 Å². The molecule has 0 spiro atoms. The van der Waals surface area contributed by atoms with Gasteiger partial charge >= 0.3 is 6.09 Å². The van der Waals surface area contributed by atoms with Crippen molar-refractivity contribution in [2.45, 2.75) is 6.10 Å². The van der Waals surface area contributed by atoms with Crippen molar-refractivity contribution in [1.82, 2.24) is 4.90 Å². The van der Waals surface area contributed by atoms with Crippen LogP contribution in [-0.2, 0) is 19.4 Å². The summed E-state index contributed by atoms with van der Waals surface area (Å²) in [5.41, 5.74) is 6.26. The van der Waals surface area contributed by atoms with Crippen molar-refractivity contribution < 1.29 is 27.1 Å². The van der Waals surface area contributed by atoms with Crippen molar-refractivity contribution >= 4 is 33.2 Å². The normalized spacial score (nSPS) is 20.5. The van der Waals surface area contributed by atoms with Crippen LogP contribution in [0.5, 0.6) is 0 Å². The molecule has 2 amide bonds. The van der Waals surface area contributed by atoms with Crippen molar-refractivity contribution in [3.05, 3.63) is 24.0 Å². The van der Waals surface area contributed by atoms with E-state index in [1.165, 1.54) is 15.9 Å². The summed E-state index contributed by atoms with van der Waals surface area (Å²) < 4.78 is 42.3. The summed E-state index contributed by atoms with van der Waals surface area (Å²) in [6.45, 7) is 1.86. The molecule has 2 heterocycles. The molecule has 0 radical (unpaired) electrons. The Morgan fingerprint density at radius 3 is 2.50 bits per heavy atom. The van der Waals surface area contributed by atoms with Crippen LogP contribution in [0.4, 0.5) is 20.6 Å². The van der Waals surface area contributed by atoms with Gasteiger partial charge in [-0.25, -0.2) is 17.6 Å². The van der Waals surface area contributed by atoms with E-state index >= 15 is 0 Å². The van der Waals surface area contributed by atoms with Gasteiger partial charge in [0.1, 0.15) is 17.7 Å². The van der Waals surface area contributed by atoms with Gasteiger partial charge in [0.2, 0.25) is 5.91 Å². The number of halogens is 1. The zero-order chi connectivity index (χ0) is 20.5. The Hall–Kier alpha value is -2.40. The number of rotatable bonds is 5. The Bertz CT molecular complexity index is 870. The molecule has 1 atom stereocenters. The number of hydrogen-bond acceptors (Lipinski definition) is 7. The highest BCUT2D eigenvalue weighted by atomic mass is 32.2. The van der Waals surface area contributed by atoms with Crippen LogP contribution in [0.25, 0.3) is 0 Å². The summed E-state index contributed by atoms with van der Waals surface area (Å²) in [7, 11) is -3.38. The molecule has 154 valence electrons. The molecule has 0 saturated carbocycles. The quantitative estimate of drug-likeness (QED) is 0.710. The first kappa shape index (κ1) is 20.3. The molecule has 9 nitrogen and oxygen atoms in total. The van der Waals surface area contributed by atoms with Crippen LogP contribution in [0.15, 0.2) is 18.2 Å². The number of amides is 2. The van der Waals surface area contributed by atoms with Crippen LogP contribution in [-0.4, -0.2) is 82.7 Å². The fourth-order valence-corrected chi connectivity index (χ4v) is 3.92. The minimum Gasteiger partial charge on any atom is -0.443 e. The van der Waals surface area contributed by atoms with Crippen LogP contribution in [0.3, 0.4) is 0 Å². The van der Waals surface area contributed by atoms with Gasteiger partial charge in [0.25, 0.3) is 0 Å². The number of nitrogens with two attached hydrogens (primary N) is 1. The standard InChI is InChI=1S/C17H23FN4O5S/c1-28(25,26)11-16(23)21-6-4-20(5-7-21)15-3-2-12(8-14(15)18)22-10-13(9-19)27-17(22)24/h2-3,8,13H,4-7,9-11,19H2,1H3/t13-/m0/s1. The van der Waals surface area contributed by atoms with Crippen LogP contribution in [0, 0.1) is 5.82 Å². The largest absolute Gasteiger partial charge is 0.443 e. The lowest BCUT2D eigenvalue weighted by molar-refractivity contribution is -0.128. The molecule has 0 unspecified atom stereocenters. The number of piperazine rings is 1. The predicted molar refractivity (Wildman–Crippen MR) is 102 cm³/mol. The molecule has 0 bridgehead atoms. The highest BCUT2D eigenvalue weighted by Crippen LogP contribution is 2.28. The molecule has 1 aromatic carbocycles. The number of sulfone groups is 1. The smallest absolute Gasteiger partial charge is 0.414 e. The number of ether oxygens (including phenoxy) is 1. The zero-order valence-corrected chi connectivity index (χ0v) is 16.3. The molecular weight excluding hydrogens is 391 g/mol. The van der Waals surface area contributed by atoms with Crippen LogP contribution in [0.2, 0.25) is 0 Å². The minimum absolute atomic E-state index is 0.200. The van der Waals surface area contributed by atoms with Gasteiger partial charge in [-0.2, -0.15) is 0 Å². The fourth-order valence-electron chi connectivity index (χ4n) is 3.29. The minimum atomic E-state index is -3.38. The summed E-state index contributed by atoms with van der Waals surface area (Å²) in [6, 6.07) is 4.50. The van der Waals surface area contributed by atoms with Crippen LogP contribution < -0.4 is 15.5 Å². The van der Waals surface area contributed by atoms with Crippen molar-refractivity contribution in [3.8, 4) is 0 Å². The topological polar surface area (TPSA) is 113 Å². The van der Waals surface area contributed by atoms with E-state index in [4.69, 9.17) is 10.5 Å². The molecule has 0 aromatic heterocycles. The van der Waals surface area contributed by atoms with Gasteiger partial charge in [-0.1, -0.05) is 0 Å². The van der Waals surface area contributed by atoms with Crippen LogP contribution in [0.1, 0.15) is 0 Å². The first-order chi connectivity index (χ1) is 13.2. The number of carbonyl (C=O) groups is 2. The van der Waals surface area contributed by atoms with Gasteiger partial charge in [-0.05, 0) is 18.2 Å². The Morgan fingerprint density at radius 1 is 1.29 bits per heavy atom. The van der Waals surface area contributed by atoms with Crippen molar-refractivity contribution in [2.24, 2.45) is 5.73 Å². The van der Waals surface area contributed by atoms with Crippen molar-refractivity contribution in [2.75, 3.05) is 61.1 Å². The molecule has 2 fully saturated rings. The number of benzene rings is 1. The molecule has 0 aliphatic carbocycles. The van der Waals surface area contributed by atoms with E-state index in [-0.39, 0.29) is 13.1 Å². The van der Waals surface area contributed by atoms with Gasteiger partial charge in [0.05, 0.1) is 17.9 Å². The molecule has 2 N–H and O–H groups in total. The number of carbonyl (C=O) groups excluding carboxylic acids is 2. The monoisotopic (exact) mass is 414 g/mol. The second-order valence-corrected chi connectivity index (χ2v) is 9.07. The summed E-state index contributed by atoms with van der Waals surface area (Å²) in [4.78, 5) is 28.5. The molecule has 3 rings (SSSR count). The Balaban J connectivity index is 1.64. The number of anilines is 2. The zero-order valence-electron chi connectivity index (χ0n) is 15.5. The molecule has 11 heteroatoms. The first-order valence-electron chi connectivity index (χ1n) is 8.86. The lowest BCUT2D eigenvalue weighted by Gasteiger charge is -2.36. The van der Waals surface area contributed by atoms with Crippen LogP contribution >= 0.6 is 0 Å². The second kappa shape index (κ2) is 7.92. The lowest BCUT2D eigenvalue weighted by atomic mass is 10.2. The fraction of sp³-hybridized carbons (Fsp3) is 0.529. The molecule has 2 aliphatic rings. The van der Waals surface area contributed by atoms with Gasteiger partial charge in [0.15, 0.2) is 9.84 Å². The first-order valence-corrected chi connectivity index (χ1v) is 10.9. The molecule has 28 heavy (non-hydrogen) atoms. The maximum Gasteiger partial charge on any atom is 0.414 e. The van der Waals surface area contributed by atoms with E-state index in [0.29, 0.717) is 37.6 Å². The maximum atomic E-state index is 14.7. The van der Waals surface area contributed by atoms with E-state index < -0.39 is 39.5 Å². The van der Waals surface area contributed by atoms with Gasteiger partial charge in [0, 0.05) is 39.0 Å². The number of nitrogens with zero attached hydrogens (tertiary/aromatic N) is 3. The number of cyclic esters (lactones) is 1. The summed E-state index contributed by atoms with van der Waals surface area (Å²) in [5, 5.41) is 0. The second-order valence-electron chi connectivity index (χ2n) is 6.93. The van der Waals surface area contributed by atoms with E-state index in [9.17, 15) is 22.4 Å². The Morgan fingerprint density at radius 2 is 1.96 bits per heavy atom. The molecular formula is C17H23FN4O5S. The third-order valence-corrected chi connectivity index (χ3v) is 5.51. The predicted octanol–water partition coefficient (Wildman–Crippen LogP) is -0.197. The molecule has 2 saturated heterocycles. The highest BCUT2D eigenvalue weighted by molar-refractivity contribution is 7.91. The van der Waals surface area contributed by atoms with Crippen molar-refractivity contribution in [3.63, 3.8) is 0 Å². The van der Waals surface area contributed by atoms with E-state index in [1.807, 2.05) is 0 Å². The van der Waals surface area contributed by atoms with Crippen molar-refractivity contribution in [1.29, 1.82) is 0 Å². The maximum absolute atomic E-state index is 14.7. The highest BCUT2D eigenvalue weighted by Gasteiger charge is 2.32. The SMILES string of the molecule is CS(=O)(=O)CC(=O)N1CCN(c2ccc(N3C[C@H](CN)OC3=O)cc2F)CC1. The summed E-state index contributed by atoms with van der Waals surface area (Å²) in [5.74, 6) is -1.46. The third-order valence-electron chi connectivity index (χ3n) is 4.74. The Kier molecular flexibility index (Phi) is 5.75. The van der Waals surface area contributed by atoms with Gasteiger partial charge in [-0.3, -0.25) is 9.69 Å². The molecule has 1 aromatic rings. The molecule has 2 aliphatic heterocycles. The van der Waals surface area contributed by atoms with Gasteiger partial charge in [-0.15, -0.1) is 0 Å². The summed E-state index contributed by atoms with van der Waals surface area (Å²) in [6.07, 6.45) is 0.0534.